The summed E-state index contributed by atoms with van der Waals surface area (Å²) in [5.74, 6) is -3.81. The van der Waals surface area contributed by atoms with Crippen LogP contribution in [0.4, 0.5) is 13.2 Å². The van der Waals surface area contributed by atoms with Crippen LogP contribution >= 0.6 is 0 Å². The van der Waals surface area contributed by atoms with E-state index in [1.54, 1.807) is 13.2 Å². The lowest BCUT2D eigenvalue weighted by atomic mass is 9.99. The minimum absolute atomic E-state index is 0.340. The molecule has 0 radical (unpaired) electrons. The molecule has 0 bridgehead atoms. The lowest BCUT2D eigenvalue weighted by Gasteiger charge is -2.17. The molecule has 0 saturated carbocycles. The summed E-state index contributed by atoms with van der Waals surface area (Å²) in [5.41, 5.74) is 2.18. The van der Waals surface area contributed by atoms with E-state index < -0.39 is 17.5 Å². The van der Waals surface area contributed by atoms with Crippen LogP contribution in [0.3, 0.4) is 0 Å². The first-order valence-corrected chi connectivity index (χ1v) is 6.25. The molecule has 0 spiro atoms. The van der Waals surface area contributed by atoms with Crippen LogP contribution < -0.4 is 5.32 Å². The number of benzene rings is 1. The van der Waals surface area contributed by atoms with Crippen molar-refractivity contribution in [2.45, 2.75) is 19.4 Å². The van der Waals surface area contributed by atoms with E-state index in [9.17, 15) is 13.2 Å². The number of likely N-dealkylation sites (N-methyl/N-ethyl adjacent to an activating group) is 1. The largest absolute Gasteiger partial charge is 0.313 e. The van der Waals surface area contributed by atoms with Crippen molar-refractivity contribution in [3.05, 3.63) is 64.7 Å². The Labute approximate surface area is 115 Å². The highest BCUT2D eigenvalue weighted by Crippen LogP contribution is 2.22. The predicted molar refractivity (Wildman–Crippen MR) is 70.8 cm³/mol. The molecule has 0 aliphatic heterocycles. The summed E-state index contributed by atoms with van der Waals surface area (Å²) < 4.78 is 39.6. The molecule has 1 heterocycles. The molecule has 5 heteroatoms. The summed E-state index contributed by atoms with van der Waals surface area (Å²) in [5, 5.41) is 2.97. The molecule has 1 N–H and O–H groups in total. The number of pyridine rings is 1. The first kappa shape index (κ1) is 14.5. The third-order valence-corrected chi connectivity index (χ3v) is 3.27. The number of rotatable bonds is 4. The zero-order chi connectivity index (χ0) is 14.7. The maximum absolute atomic E-state index is 13.3. The maximum Gasteiger partial charge on any atom is 0.194 e. The fourth-order valence-electron chi connectivity index (χ4n) is 2.09. The van der Waals surface area contributed by atoms with Crippen molar-refractivity contribution >= 4 is 0 Å². The van der Waals surface area contributed by atoms with Gasteiger partial charge in [-0.1, -0.05) is 6.07 Å². The Morgan fingerprint density at radius 3 is 2.40 bits per heavy atom. The van der Waals surface area contributed by atoms with Crippen LogP contribution in [0.25, 0.3) is 0 Å². The third-order valence-electron chi connectivity index (χ3n) is 3.27. The summed E-state index contributed by atoms with van der Waals surface area (Å²) in [6.07, 6.45) is 2.13. The molecular formula is C15H15F3N2. The van der Waals surface area contributed by atoms with Gasteiger partial charge in [0.25, 0.3) is 0 Å². The SMILES string of the molecule is CNC(Cc1ncccc1C)c1cc(F)c(F)c(F)c1. The van der Waals surface area contributed by atoms with Crippen molar-refractivity contribution in [2.24, 2.45) is 0 Å². The number of aryl methyl sites for hydroxylation is 1. The molecular weight excluding hydrogens is 265 g/mol. The van der Waals surface area contributed by atoms with Crippen molar-refractivity contribution in [2.75, 3.05) is 7.05 Å². The maximum atomic E-state index is 13.3. The van der Waals surface area contributed by atoms with E-state index in [0.29, 0.717) is 12.0 Å². The van der Waals surface area contributed by atoms with Crippen LogP contribution in [-0.2, 0) is 6.42 Å². The van der Waals surface area contributed by atoms with Crippen LogP contribution in [0, 0.1) is 24.4 Å². The molecule has 0 saturated heterocycles. The normalized spacial score (nSPS) is 12.4. The van der Waals surface area contributed by atoms with E-state index in [1.807, 2.05) is 19.1 Å². The van der Waals surface area contributed by atoms with Gasteiger partial charge in [-0.05, 0) is 43.3 Å². The molecule has 0 amide bonds. The molecule has 2 aromatic rings. The van der Waals surface area contributed by atoms with Gasteiger partial charge >= 0.3 is 0 Å². The molecule has 106 valence electrons. The van der Waals surface area contributed by atoms with Gasteiger partial charge in [0.2, 0.25) is 0 Å². The first-order valence-electron chi connectivity index (χ1n) is 6.25. The highest BCUT2D eigenvalue weighted by Gasteiger charge is 2.17. The van der Waals surface area contributed by atoms with Crippen LogP contribution in [0.15, 0.2) is 30.5 Å². The van der Waals surface area contributed by atoms with Gasteiger partial charge in [-0.25, -0.2) is 13.2 Å². The molecule has 1 atom stereocenters. The number of nitrogens with zero attached hydrogens (tertiary/aromatic N) is 1. The number of halogens is 3. The molecule has 20 heavy (non-hydrogen) atoms. The first-order chi connectivity index (χ1) is 9.52. The second kappa shape index (κ2) is 6.05. The highest BCUT2D eigenvalue weighted by molar-refractivity contribution is 5.26. The van der Waals surface area contributed by atoms with Crippen LogP contribution in [0.1, 0.15) is 22.9 Å². The smallest absolute Gasteiger partial charge is 0.194 e. The molecule has 0 fully saturated rings. The van der Waals surface area contributed by atoms with Crippen molar-refractivity contribution in [1.82, 2.24) is 10.3 Å². The molecule has 1 unspecified atom stereocenters. The van der Waals surface area contributed by atoms with Gasteiger partial charge in [0, 0.05) is 24.4 Å². The minimum Gasteiger partial charge on any atom is -0.313 e. The van der Waals surface area contributed by atoms with Crippen LogP contribution in [0.2, 0.25) is 0 Å². The Bertz CT molecular complexity index is 591. The average Bonchev–Trinajstić information content (AvgIpc) is 2.43. The molecule has 2 nitrogen and oxygen atoms in total. The van der Waals surface area contributed by atoms with Crippen molar-refractivity contribution < 1.29 is 13.2 Å². The number of nitrogens with one attached hydrogen (secondary N) is 1. The summed E-state index contributed by atoms with van der Waals surface area (Å²) in [4.78, 5) is 4.25. The molecule has 0 aliphatic carbocycles. The van der Waals surface area contributed by atoms with Gasteiger partial charge in [-0.2, -0.15) is 0 Å². The summed E-state index contributed by atoms with van der Waals surface area (Å²) in [6.45, 7) is 1.92. The highest BCUT2D eigenvalue weighted by atomic mass is 19.2. The van der Waals surface area contributed by atoms with E-state index >= 15 is 0 Å². The van der Waals surface area contributed by atoms with Gasteiger partial charge in [-0.15, -0.1) is 0 Å². The Kier molecular flexibility index (Phi) is 4.39. The van der Waals surface area contributed by atoms with Crippen molar-refractivity contribution in [3.63, 3.8) is 0 Å². The fourth-order valence-corrected chi connectivity index (χ4v) is 2.09. The lowest BCUT2D eigenvalue weighted by molar-refractivity contribution is 0.440. The molecule has 2 rings (SSSR count). The van der Waals surface area contributed by atoms with E-state index in [-0.39, 0.29) is 6.04 Å². The monoisotopic (exact) mass is 280 g/mol. The summed E-state index contributed by atoms with van der Waals surface area (Å²) >= 11 is 0. The van der Waals surface area contributed by atoms with Gasteiger partial charge in [0.1, 0.15) is 0 Å². The van der Waals surface area contributed by atoms with Gasteiger partial charge in [0.15, 0.2) is 17.5 Å². The van der Waals surface area contributed by atoms with E-state index in [4.69, 9.17) is 0 Å². The Morgan fingerprint density at radius 2 is 1.85 bits per heavy atom. The summed E-state index contributed by atoms with van der Waals surface area (Å²) in [6, 6.07) is 5.43. The third kappa shape index (κ3) is 2.99. The molecule has 0 aliphatic rings. The van der Waals surface area contributed by atoms with Crippen LogP contribution in [0.5, 0.6) is 0 Å². The predicted octanol–water partition coefficient (Wildman–Crippen LogP) is 3.31. The minimum atomic E-state index is -1.45. The quantitative estimate of drug-likeness (QED) is 0.869. The Balaban J connectivity index is 2.31. The molecule has 1 aromatic carbocycles. The Morgan fingerprint density at radius 1 is 1.20 bits per heavy atom. The lowest BCUT2D eigenvalue weighted by Crippen LogP contribution is -2.20. The van der Waals surface area contributed by atoms with Crippen LogP contribution in [-0.4, -0.2) is 12.0 Å². The number of aromatic nitrogens is 1. The van der Waals surface area contributed by atoms with E-state index in [1.165, 1.54) is 0 Å². The summed E-state index contributed by atoms with van der Waals surface area (Å²) in [7, 11) is 1.68. The molecule has 1 aromatic heterocycles. The number of hydrogen-bond acceptors (Lipinski definition) is 2. The fraction of sp³-hybridized carbons (Fsp3) is 0.267. The standard InChI is InChI=1S/C15H15F3N2/c1-9-4-3-5-20-13(9)8-14(19-2)10-6-11(16)15(18)12(17)7-10/h3-7,14,19H,8H2,1-2H3. The average molecular weight is 280 g/mol. The van der Waals surface area contributed by atoms with Gasteiger partial charge < -0.3 is 5.32 Å². The van der Waals surface area contributed by atoms with Gasteiger partial charge in [0.05, 0.1) is 0 Å². The second-order valence-corrected chi connectivity index (χ2v) is 4.61. The van der Waals surface area contributed by atoms with E-state index in [2.05, 4.69) is 10.3 Å². The second-order valence-electron chi connectivity index (χ2n) is 4.61. The topological polar surface area (TPSA) is 24.9 Å². The zero-order valence-corrected chi connectivity index (χ0v) is 11.3. The van der Waals surface area contributed by atoms with Gasteiger partial charge in [-0.3, -0.25) is 4.98 Å². The number of hydrogen-bond donors (Lipinski definition) is 1. The van der Waals surface area contributed by atoms with Crippen molar-refractivity contribution in [3.8, 4) is 0 Å². The Hall–Kier alpha value is -1.88. The van der Waals surface area contributed by atoms with E-state index in [0.717, 1.165) is 23.4 Å². The van der Waals surface area contributed by atoms with Crippen molar-refractivity contribution in [1.29, 1.82) is 0 Å². The zero-order valence-electron chi connectivity index (χ0n) is 11.3.